The highest BCUT2D eigenvalue weighted by molar-refractivity contribution is 7.80. The Morgan fingerprint density at radius 1 is 1.17 bits per heavy atom. The summed E-state index contributed by atoms with van der Waals surface area (Å²) < 4.78 is 0. The highest BCUT2D eigenvalue weighted by Crippen LogP contribution is 2.42. The lowest BCUT2D eigenvalue weighted by Crippen LogP contribution is -2.29. The molecule has 0 radical (unpaired) electrons. The summed E-state index contributed by atoms with van der Waals surface area (Å²) in [6, 6.07) is 15.7. The van der Waals surface area contributed by atoms with E-state index < -0.39 is 0 Å². The molecule has 1 aliphatic heterocycles. The lowest BCUT2D eigenvalue weighted by Gasteiger charge is -2.28. The first-order valence-electron chi connectivity index (χ1n) is 9.48. The first kappa shape index (κ1) is 19.1. The molecule has 0 bridgehead atoms. The highest BCUT2D eigenvalue weighted by Gasteiger charge is 2.41. The number of amides is 1. The Morgan fingerprint density at radius 3 is 2.52 bits per heavy atom. The van der Waals surface area contributed by atoms with E-state index in [0.717, 1.165) is 28.5 Å². The number of hydrogen-bond donors (Lipinski definition) is 3. The van der Waals surface area contributed by atoms with Crippen molar-refractivity contribution in [1.82, 2.24) is 15.3 Å². The summed E-state index contributed by atoms with van der Waals surface area (Å²) in [7, 11) is 0. The van der Waals surface area contributed by atoms with Crippen LogP contribution in [0.15, 0.2) is 54.7 Å². The van der Waals surface area contributed by atoms with Gasteiger partial charge in [0.05, 0.1) is 17.8 Å². The lowest BCUT2D eigenvalue weighted by molar-refractivity contribution is -0.114. The number of nitrogens with one attached hydrogen (secondary N) is 3. The van der Waals surface area contributed by atoms with Crippen molar-refractivity contribution in [2.45, 2.75) is 32.9 Å². The number of aromatic amines is 1. The van der Waals surface area contributed by atoms with Gasteiger partial charge in [-0.25, -0.2) is 0 Å². The van der Waals surface area contributed by atoms with Crippen LogP contribution in [0, 0.1) is 13.8 Å². The van der Waals surface area contributed by atoms with Crippen LogP contribution in [0.4, 0.5) is 11.4 Å². The molecule has 148 valence electrons. The minimum atomic E-state index is -0.0948. The van der Waals surface area contributed by atoms with Crippen molar-refractivity contribution in [1.29, 1.82) is 0 Å². The van der Waals surface area contributed by atoms with Gasteiger partial charge in [-0.15, -0.1) is 0 Å². The molecule has 1 aromatic carbocycles. The third-order valence-electron chi connectivity index (χ3n) is 5.07. The Kier molecular flexibility index (Phi) is 5.07. The average molecular weight is 406 g/mol. The molecule has 1 saturated heterocycles. The molecule has 1 aliphatic rings. The second-order valence-electron chi connectivity index (χ2n) is 7.26. The zero-order chi connectivity index (χ0) is 20.5. The van der Waals surface area contributed by atoms with E-state index >= 15 is 0 Å². The van der Waals surface area contributed by atoms with Crippen molar-refractivity contribution >= 4 is 34.6 Å². The SMILES string of the molecule is CC(=O)Nc1ccc(N2C(=S)NC(c3ccccn3)C2c2cc(C)[nH]c2C)cc1. The van der Waals surface area contributed by atoms with Crippen molar-refractivity contribution in [3.63, 3.8) is 0 Å². The molecule has 3 aromatic rings. The van der Waals surface area contributed by atoms with E-state index in [4.69, 9.17) is 12.2 Å². The molecule has 6 nitrogen and oxygen atoms in total. The molecule has 3 N–H and O–H groups in total. The van der Waals surface area contributed by atoms with Gasteiger partial charge in [-0.1, -0.05) is 6.07 Å². The minimum Gasteiger partial charge on any atom is -0.362 e. The number of aromatic nitrogens is 2. The number of rotatable bonds is 4. The first-order valence-corrected chi connectivity index (χ1v) is 9.89. The molecule has 0 aliphatic carbocycles. The Bertz CT molecular complexity index is 1040. The number of anilines is 2. The molecule has 7 heteroatoms. The van der Waals surface area contributed by atoms with Crippen LogP contribution in [0.3, 0.4) is 0 Å². The summed E-state index contributed by atoms with van der Waals surface area (Å²) in [4.78, 5) is 21.4. The smallest absolute Gasteiger partial charge is 0.221 e. The second-order valence-corrected chi connectivity index (χ2v) is 7.64. The van der Waals surface area contributed by atoms with Gasteiger partial charge < -0.3 is 20.5 Å². The fourth-order valence-electron chi connectivity index (χ4n) is 3.91. The van der Waals surface area contributed by atoms with Crippen molar-refractivity contribution in [3.8, 4) is 0 Å². The Hall–Kier alpha value is -3.19. The van der Waals surface area contributed by atoms with Gasteiger partial charge >= 0.3 is 0 Å². The summed E-state index contributed by atoms with van der Waals surface area (Å²) in [5.41, 5.74) is 6.05. The Balaban J connectivity index is 1.77. The third-order valence-corrected chi connectivity index (χ3v) is 5.39. The van der Waals surface area contributed by atoms with Gasteiger partial charge in [0.1, 0.15) is 0 Å². The fraction of sp³-hybridized carbons (Fsp3) is 0.227. The number of pyridine rings is 1. The van der Waals surface area contributed by atoms with Crippen LogP contribution in [-0.4, -0.2) is 21.0 Å². The first-order chi connectivity index (χ1) is 13.9. The maximum atomic E-state index is 11.3. The summed E-state index contributed by atoms with van der Waals surface area (Å²) in [5.74, 6) is -0.0948. The molecule has 0 spiro atoms. The maximum absolute atomic E-state index is 11.3. The monoisotopic (exact) mass is 405 g/mol. The van der Waals surface area contributed by atoms with Crippen molar-refractivity contribution in [3.05, 3.63) is 77.4 Å². The zero-order valence-corrected chi connectivity index (χ0v) is 17.4. The summed E-state index contributed by atoms with van der Waals surface area (Å²) in [5, 5.41) is 6.91. The number of thiocarbonyl (C=S) groups is 1. The molecule has 29 heavy (non-hydrogen) atoms. The molecule has 1 fully saturated rings. The van der Waals surface area contributed by atoms with E-state index in [1.54, 1.807) is 6.20 Å². The van der Waals surface area contributed by atoms with Gasteiger partial charge in [0, 0.05) is 35.9 Å². The molecule has 4 rings (SSSR count). The van der Waals surface area contributed by atoms with Crippen molar-refractivity contribution in [2.24, 2.45) is 0 Å². The standard InChI is InChI=1S/C22H23N5OS/c1-13-12-18(14(2)24-13)21-20(19-6-4-5-11-23-19)26-22(29)27(21)17-9-7-16(8-10-17)25-15(3)28/h4-12,20-21,24H,1-3H3,(H,25,28)(H,26,29). The van der Waals surface area contributed by atoms with E-state index in [9.17, 15) is 4.79 Å². The molecule has 2 aromatic heterocycles. The summed E-state index contributed by atoms with van der Waals surface area (Å²) in [6.07, 6.45) is 1.80. The number of nitrogens with zero attached hydrogens (tertiary/aromatic N) is 2. The zero-order valence-electron chi connectivity index (χ0n) is 16.6. The number of carbonyl (C=O) groups is 1. The molecule has 2 unspecified atom stereocenters. The lowest BCUT2D eigenvalue weighted by atomic mass is 9.96. The number of carbonyl (C=O) groups excluding carboxylic acids is 1. The highest BCUT2D eigenvalue weighted by atomic mass is 32.1. The fourth-order valence-corrected chi connectivity index (χ4v) is 4.26. The van der Waals surface area contributed by atoms with Crippen LogP contribution in [0.1, 0.15) is 41.7 Å². The predicted octanol–water partition coefficient (Wildman–Crippen LogP) is 4.16. The van der Waals surface area contributed by atoms with Crippen LogP contribution in [-0.2, 0) is 4.79 Å². The van der Waals surface area contributed by atoms with E-state index in [1.807, 2.05) is 42.5 Å². The molecular formula is C22H23N5OS. The summed E-state index contributed by atoms with van der Waals surface area (Å²) >= 11 is 5.74. The minimum absolute atomic E-state index is 0.0473. The van der Waals surface area contributed by atoms with Gasteiger partial charge in [0.25, 0.3) is 0 Å². The van der Waals surface area contributed by atoms with E-state index in [1.165, 1.54) is 12.5 Å². The number of benzene rings is 1. The number of aryl methyl sites for hydroxylation is 2. The van der Waals surface area contributed by atoms with Gasteiger partial charge in [-0.3, -0.25) is 9.78 Å². The molecule has 0 saturated carbocycles. The van der Waals surface area contributed by atoms with Gasteiger partial charge in [-0.05, 0) is 74.1 Å². The van der Waals surface area contributed by atoms with Gasteiger partial charge in [0.15, 0.2) is 5.11 Å². The maximum Gasteiger partial charge on any atom is 0.221 e. The molecule has 3 heterocycles. The second kappa shape index (κ2) is 7.67. The van der Waals surface area contributed by atoms with Crippen LogP contribution in [0.5, 0.6) is 0 Å². The Morgan fingerprint density at radius 2 is 1.93 bits per heavy atom. The Labute approximate surface area is 175 Å². The number of H-pyrrole nitrogens is 1. The number of hydrogen-bond acceptors (Lipinski definition) is 3. The van der Waals surface area contributed by atoms with E-state index in [0.29, 0.717) is 5.11 Å². The largest absolute Gasteiger partial charge is 0.362 e. The summed E-state index contributed by atoms with van der Waals surface area (Å²) in [6.45, 7) is 5.63. The van der Waals surface area contributed by atoms with Crippen molar-refractivity contribution in [2.75, 3.05) is 10.2 Å². The normalized spacial score (nSPS) is 18.6. The molecular weight excluding hydrogens is 382 g/mol. The van der Waals surface area contributed by atoms with Gasteiger partial charge in [-0.2, -0.15) is 0 Å². The van der Waals surface area contributed by atoms with Crippen LogP contribution >= 0.6 is 12.2 Å². The average Bonchev–Trinajstić information content (AvgIpc) is 3.21. The third kappa shape index (κ3) is 3.73. The topological polar surface area (TPSA) is 73.1 Å². The van der Waals surface area contributed by atoms with Crippen LogP contribution in [0.25, 0.3) is 0 Å². The van der Waals surface area contributed by atoms with E-state index in [-0.39, 0.29) is 18.0 Å². The predicted molar refractivity (Wildman–Crippen MR) is 119 cm³/mol. The van der Waals surface area contributed by atoms with E-state index in [2.05, 4.69) is 45.4 Å². The van der Waals surface area contributed by atoms with Crippen LogP contribution < -0.4 is 15.5 Å². The molecule has 2 atom stereocenters. The van der Waals surface area contributed by atoms with Crippen molar-refractivity contribution < 1.29 is 4.79 Å². The molecule has 1 amide bonds. The van der Waals surface area contributed by atoms with Crippen LogP contribution in [0.2, 0.25) is 0 Å². The quantitative estimate of drug-likeness (QED) is 0.569. The van der Waals surface area contributed by atoms with Gasteiger partial charge in [0.2, 0.25) is 5.91 Å².